The van der Waals surface area contributed by atoms with Crippen LogP contribution in [0.15, 0.2) is 24.3 Å². The molecule has 0 spiro atoms. The van der Waals surface area contributed by atoms with Crippen molar-refractivity contribution in [3.05, 3.63) is 29.8 Å². The number of methoxy groups -OCH3 is 1. The van der Waals surface area contributed by atoms with Gasteiger partial charge in [-0.25, -0.2) is 4.79 Å². The number of benzene rings is 1. The maximum atomic E-state index is 11.6. The van der Waals surface area contributed by atoms with Crippen molar-refractivity contribution in [3.8, 4) is 11.5 Å². The fourth-order valence-electron chi connectivity index (χ4n) is 2.04. The van der Waals surface area contributed by atoms with E-state index in [1.54, 1.807) is 6.07 Å². The van der Waals surface area contributed by atoms with E-state index in [0.29, 0.717) is 5.56 Å². The Morgan fingerprint density at radius 2 is 2.04 bits per heavy atom. The van der Waals surface area contributed by atoms with E-state index in [2.05, 4.69) is 0 Å². The molecule has 1 aromatic carbocycles. The second-order valence-corrected chi connectivity index (χ2v) is 4.94. The standard InChI is InChI=1S/C15H18O8/c1-21-10-6-8(2-4-9(10)16)3-5-12(17)22-7-11-13(18)14(19)15(20)23-11/h2-6,11,13-16,18-20H,7H2,1H3/b5-3-/t11-,13-,14+,15?/m0/s1. The molecule has 0 aromatic heterocycles. The molecular weight excluding hydrogens is 308 g/mol. The summed E-state index contributed by atoms with van der Waals surface area (Å²) in [4.78, 5) is 11.6. The molecule has 1 aromatic rings. The molecule has 0 radical (unpaired) electrons. The van der Waals surface area contributed by atoms with Gasteiger partial charge in [-0.1, -0.05) is 6.07 Å². The molecule has 8 heteroatoms. The summed E-state index contributed by atoms with van der Waals surface area (Å²) in [5, 5.41) is 37.5. The van der Waals surface area contributed by atoms with Crippen molar-refractivity contribution in [1.82, 2.24) is 0 Å². The molecule has 1 fully saturated rings. The Bertz CT molecular complexity index is 585. The van der Waals surface area contributed by atoms with Gasteiger partial charge in [0, 0.05) is 6.08 Å². The number of carbonyl (C=O) groups is 1. The van der Waals surface area contributed by atoms with Crippen molar-refractivity contribution in [2.75, 3.05) is 13.7 Å². The van der Waals surface area contributed by atoms with Crippen LogP contribution in [0, 0.1) is 0 Å². The smallest absolute Gasteiger partial charge is 0.330 e. The van der Waals surface area contributed by atoms with Crippen LogP contribution >= 0.6 is 0 Å². The summed E-state index contributed by atoms with van der Waals surface area (Å²) in [6, 6.07) is 4.54. The third kappa shape index (κ3) is 4.20. The molecule has 2 rings (SSSR count). The minimum Gasteiger partial charge on any atom is -0.504 e. The lowest BCUT2D eigenvalue weighted by Crippen LogP contribution is -2.34. The van der Waals surface area contributed by atoms with Gasteiger partial charge in [-0.2, -0.15) is 0 Å². The Kier molecular flexibility index (Phi) is 5.56. The molecule has 23 heavy (non-hydrogen) atoms. The van der Waals surface area contributed by atoms with Crippen molar-refractivity contribution in [3.63, 3.8) is 0 Å². The second kappa shape index (κ2) is 7.42. The molecule has 1 aliphatic heterocycles. The molecule has 1 unspecified atom stereocenters. The molecule has 0 bridgehead atoms. The minimum absolute atomic E-state index is 0.0169. The van der Waals surface area contributed by atoms with Gasteiger partial charge in [-0.15, -0.1) is 0 Å². The summed E-state index contributed by atoms with van der Waals surface area (Å²) in [6.07, 6.45) is -2.65. The van der Waals surface area contributed by atoms with E-state index in [1.165, 1.54) is 25.3 Å². The van der Waals surface area contributed by atoms with Crippen molar-refractivity contribution in [2.24, 2.45) is 0 Å². The molecule has 1 heterocycles. The summed E-state index contributed by atoms with van der Waals surface area (Å²) in [6.45, 7) is -0.308. The molecule has 126 valence electrons. The average Bonchev–Trinajstić information content (AvgIpc) is 2.79. The van der Waals surface area contributed by atoms with E-state index in [4.69, 9.17) is 14.2 Å². The minimum atomic E-state index is -1.51. The zero-order valence-electron chi connectivity index (χ0n) is 12.3. The lowest BCUT2D eigenvalue weighted by atomic mass is 10.1. The van der Waals surface area contributed by atoms with Gasteiger partial charge in [0.05, 0.1) is 7.11 Å². The fourth-order valence-corrected chi connectivity index (χ4v) is 2.04. The van der Waals surface area contributed by atoms with E-state index < -0.39 is 30.6 Å². The monoisotopic (exact) mass is 326 g/mol. The SMILES string of the molecule is COc1cc(/C=C\C(=O)OC[C@@H]2OC(O)[C@H](O)[C@H]2O)ccc1O. The summed E-state index contributed by atoms with van der Waals surface area (Å²) in [5.74, 6) is -0.439. The average molecular weight is 326 g/mol. The first kappa shape index (κ1) is 17.2. The zero-order chi connectivity index (χ0) is 17.0. The highest BCUT2D eigenvalue weighted by atomic mass is 16.7. The van der Waals surface area contributed by atoms with Crippen molar-refractivity contribution in [2.45, 2.75) is 24.6 Å². The quantitative estimate of drug-likeness (QED) is 0.417. The van der Waals surface area contributed by atoms with Crippen LogP contribution in [0.4, 0.5) is 0 Å². The summed E-state index contributed by atoms with van der Waals surface area (Å²) in [5.41, 5.74) is 0.611. The van der Waals surface area contributed by atoms with Crippen molar-refractivity contribution in [1.29, 1.82) is 0 Å². The first-order chi connectivity index (χ1) is 10.9. The highest BCUT2D eigenvalue weighted by Gasteiger charge is 2.42. The molecule has 1 aliphatic rings. The number of aliphatic hydroxyl groups is 3. The van der Waals surface area contributed by atoms with Gasteiger partial charge in [0.15, 0.2) is 17.8 Å². The lowest BCUT2D eigenvalue weighted by Gasteiger charge is -2.13. The molecule has 4 atom stereocenters. The van der Waals surface area contributed by atoms with Crippen LogP contribution < -0.4 is 4.74 Å². The maximum Gasteiger partial charge on any atom is 0.330 e. The van der Waals surface area contributed by atoms with Gasteiger partial charge < -0.3 is 34.6 Å². The highest BCUT2D eigenvalue weighted by Crippen LogP contribution is 2.26. The second-order valence-electron chi connectivity index (χ2n) is 4.94. The summed E-state index contributed by atoms with van der Waals surface area (Å²) >= 11 is 0. The predicted molar refractivity (Wildman–Crippen MR) is 77.5 cm³/mol. The van der Waals surface area contributed by atoms with Crippen molar-refractivity contribution < 1.29 is 39.4 Å². The Labute approximate surface area is 132 Å². The van der Waals surface area contributed by atoms with Crippen LogP contribution in [0.25, 0.3) is 6.08 Å². The van der Waals surface area contributed by atoms with E-state index in [9.17, 15) is 25.2 Å². The maximum absolute atomic E-state index is 11.6. The number of phenols is 1. The summed E-state index contributed by atoms with van der Waals surface area (Å²) < 4.78 is 14.7. The number of phenolic OH excluding ortho intramolecular Hbond substituents is 1. The normalized spacial score (nSPS) is 27.3. The zero-order valence-corrected chi connectivity index (χ0v) is 12.3. The van der Waals surface area contributed by atoms with Crippen LogP contribution in [0.3, 0.4) is 0 Å². The van der Waals surface area contributed by atoms with Gasteiger partial charge in [0.25, 0.3) is 0 Å². The third-order valence-electron chi connectivity index (χ3n) is 3.34. The van der Waals surface area contributed by atoms with Gasteiger partial charge in [-0.3, -0.25) is 0 Å². The van der Waals surface area contributed by atoms with Crippen LogP contribution in [-0.4, -0.2) is 64.7 Å². The first-order valence-electron chi connectivity index (χ1n) is 6.84. The third-order valence-corrected chi connectivity index (χ3v) is 3.34. The number of ether oxygens (including phenoxy) is 3. The number of hydrogen-bond donors (Lipinski definition) is 4. The summed E-state index contributed by atoms with van der Waals surface area (Å²) in [7, 11) is 1.41. The Morgan fingerprint density at radius 3 is 2.65 bits per heavy atom. The van der Waals surface area contributed by atoms with E-state index in [1.807, 2.05) is 0 Å². The molecule has 1 saturated heterocycles. The van der Waals surface area contributed by atoms with E-state index in [0.717, 1.165) is 6.08 Å². The van der Waals surface area contributed by atoms with Gasteiger partial charge >= 0.3 is 5.97 Å². The molecule has 8 nitrogen and oxygen atoms in total. The largest absolute Gasteiger partial charge is 0.504 e. The highest BCUT2D eigenvalue weighted by molar-refractivity contribution is 5.87. The van der Waals surface area contributed by atoms with E-state index in [-0.39, 0.29) is 18.1 Å². The Balaban J connectivity index is 1.87. The molecule has 4 N–H and O–H groups in total. The molecule has 0 saturated carbocycles. The number of esters is 1. The number of rotatable bonds is 5. The Morgan fingerprint density at radius 1 is 1.30 bits per heavy atom. The van der Waals surface area contributed by atoms with Gasteiger partial charge in [0.2, 0.25) is 0 Å². The number of aliphatic hydroxyl groups excluding tert-OH is 3. The van der Waals surface area contributed by atoms with Gasteiger partial charge in [0.1, 0.15) is 24.9 Å². The van der Waals surface area contributed by atoms with Crippen molar-refractivity contribution >= 4 is 12.0 Å². The van der Waals surface area contributed by atoms with Crippen LogP contribution in [0.5, 0.6) is 11.5 Å². The van der Waals surface area contributed by atoms with Crippen LogP contribution in [0.1, 0.15) is 5.56 Å². The first-order valence-corrected chi connectivity index (χ1v) is 6.84. The predicted octanol–water partition coefficient (Wildman–Crippen LogP) is -0.604. The number of hydrogen-bond acceptors (Lipinski definition) is 8. The van der Waals surface area contributed by atoms with Crippen LogP contribution in [0.2, 0.25) is 0 Å². The number of carbonyl (C=O) groups excluding carboxylic acids is 1. The van der Waals surface area contributed by atoms with E-state index >= 15 is 0 Å². The molecule has 0 aliphatic carbocycles. The van der Waals surface area contributed by atoms with Gasteiger partial charge in [-0.05, 0) is 23.8 Å². The Hall–Kier alpha value is -2.13. The molecule has 0 amide bonds. The molecular formula is C15H18O8. The lowest BCUT2D eigenvalue weighted by molar-refractivity contribution is -0.153. The topological polar surface area (TPSA) is 126 Å². The fraction of sp³-hybridized carbons (Fsp3) is 0.400. The number of aromatic hydroxyl groups is 1. The van der Waals surface area contributed by atoms with Crippen LogP contribution in [-0.2, 0) is 14.3 Å².